The molecule has 0 aromatic heterocycles. The van der Waals surface area contributed by atoms with Crippen LogP contribution < -0.4 is 0 Å². The Hall–Kier alpha value is -1.56. The zero-order valence-corrected chi connectivity index (χ0v) is 23.8. The molecule has 3 atom stereocenters. The van der Waals surface area contributed by atoms with Gasteiger partial charge in [0.2, 0.25) is 0 Å². The second kappa shape index (κ2) is 14.8. The van der Waals surface area contributed by atoms with Gasteiger partial charge in [-0.2, -0.15) is 0 Å². The lowest BCUT2D eigenvalue weighted by atomic mass is 9.84. The van der Waals surface area contributed by atoms with Crippen LogP contribution in [0.15, 0.2) is 42.5 Å². The fourth-order valence-electron chi connectivity index (χ4n) is 5.52. The monoisotopic (exact) mass is 462 g/mol. The molecule has 0 nitrogen and oxygen atoms in total. The number of rotatable bonds is 0. The predicted octanol–water partition coefficient (Wildman–Crippen LogP) is 10.3. The van der Waals surface area contributed by atoms with Crippen molar-refractivity contribution >= 4 is 0 Å². The number of aryl methyl sites for hydroxylation is 3. The van der Waals surface area contributed by atoms with E-state index in [0.717, 1.165) is 29.6 Å². The van der Waals surface area contributed by atoms with Crippen LogP contribution in [0.25, 0.3) is 0 Å². The molecule has 0 bridgehead atoms. The van der Waals surface area contributed by atoms with E-state index in [4.69, 9.17) is 0 Å². The van der Waals surface area contributed by atoms with Gasteiger partial charge in [-0.1, -0.05) is 132 Å². The van der Waals surface area contributed by atoms with Crippen molar-refractivity contribution in [1.29, 1.82) is 0 Å². The second-order valence-electron chi connectivity index (χ2n) is 12.3. The van der Waals surface area contributed by atoms with Crippen LogP contribution in [0.1, 0.15) is 107 Å². The predicted molar refractivity (Wildman–Crippen MR) is 153 cm³/mol. The van der Waals surface area contributed by atoms with Crippen LogP contribution in [-0.2, 0) is 12.8 Å². The average Bonchev–Trinajstić information content (AvgIpc) is 3.36. The molecule has 0 heterocycles. The number of fused-ring (bicyclic) bond motifs is 1. The third-order valence-electron chi connectivity index (χ3n) is 7.98. The molecule has 3 aliphatic carbocycles. The van der Waals surface area contributed by atoms with E-state index in [2.05, 4.69) is 97.9 Å². The van der Waals surface area contributed by atoms with Crippen molar-refractivity contribution in [1.82, 2.24) is 0 Å². The van der Waals surface area contributed by atoms with Crippen LogP contribution in [0.3, 0.4) is 0 Å². The fourth-order valence-corrected chi connectivity index (χ4v) is 5.52. The maximum atomic E-state index is 2.37. The molecular formula is C34H54. The summed E-state index contributed by atoms with van der Waals surface area (Å²) in [6.07, 6.45) is 12.9. The topological polar surface area (TPSA) is 0 Å². The summed E-state index contributed by atoms with van der Waals surface area (Å²) in [5.41, 5.74) is 7.21. The summed E-state index contributed by atoms with van der Waals surface area (Å²) in [4.78, 5) is 0. The summed E-state index contributed by atoms with van der Waals surface area (Å²) in [5.74, 6) is 4.95. The van der Waals surface area contributed by atoms with Gasteiger partial charge in [0.1, 0.15) is 0 Å². The maximum absolute atomic E-state index is 2.37. The second-order valence-corrected chi connectivity index (χ2v) is 12.3. The molecule has 190 valence electrons. The molecule has 0 spiro atoms. The molecule has 0 saturated heterocycles. The first-order valence-corrected chi connectivity index (χ1v) is 14.2. The van der Waals surface area contributed by atoms with Crippen molar-refractivity contribution in [2.75, 3.05) is 0 Å². The summed E-state index contributed by atoms with van der Waals surface area (Å²) < 4.78 is 0. The Kier molecular flexibility index (Phi) is 12.4. The van der Waals surface area contributed by atoms with E-state index < -0.39 is 0 Å². The molecule has 2 aromatic carbocycles. The van der Waals surface area contributed by atoms with E-state index in [9.17, 15) is 0 Å². The van der Waals surface area contributed by atoms with Crippen LogP contribution in [-0.4, -0.2) is 0 Å². The van der Waals surface area contributed by atoms with E-state index >= 15 is 0 Å². The minimum atomic E-state index is 0.867. The zero-order chi connectivity index (χ0) is 25.1. The molecule has 0 aliphatic heterocycles. The highest BCUT2D eigenvalue weighted by Crippen LogP contribution is 2.29. The number of hydrogen-bond donors (Lipinski definition) is 0. The summed E-state index contributed by atoms with van der Waals surface area (Å²) in [6.45, 7) is 18.1. The van der Waals surface area contributed by atoms with Gasteiger partial charge in [0.05, 0.1) is 0 Å². The Morgan fingerprint density at radius 3 is 1.24 bits per heavy atom. The van der Waals surface area contributed by atoms with Crippen LogP contribution in [0.4, 0.5) is 0 Å². The van der Waals surface area contributed by atoms with Gasteiger partial charge in [-0.15, -0.1) is 0 Å². The van der Waals surface area contributed by atoms with Gasteiger partial charge in [-0.3, -0.25) is 0 Å². The Morgan fingerprint density at radius 1 is 0.441 bits per heavy atom. The van der Waals surface area contributed by atoms with Crippen molar-refractivity contribution in [3.05, 3.63) is 70.3 Å². The van der Waals surface area contributed by atoms with Crippen LogP contribution in [0, 0.1) is 50.4 Å². The summed E-state index contributed by atoms with van der Waals surface area (Å²) in [6, 6.07) is 15.3. The maximum Gasteiger partial charge on any atom is -0.0247 e. The van der Waals surface area contributed by atoms with Gasteiger partial charge in [-0.05, 0) is 80.8 Å². The van der Waals surface area contributed by atoms with E-state index in [-0.39, 0.29) is 0 Å². The molecule has 0 heteroatoms. The molecule has 0 radical (unpaired) electrons. The minimum Gasteiger partial charge on any atom is -0.0625 e. The fraction of sp³-hybridized carbons (Fsp3) is 0.647. The molecule has 3 unspecified atom stereocenters. The highest BCUT2D eigenvalue weighted by molar-refractivity contribution is 5.35. The Balaban J connectivity index is 0.000000163. The number of benzene rings is 2. The largest absolute Gasteiger partial charge is 0.0625 e. The average molecular weight is 463 g/mol. The summed E-state index contributed by atoms with van der Waals surface area (Å²) in [7, 11) is 0. The molecule has 5 rings (SSSR count). The van der Waals surface area contributed by atoms with E-state index in [0.29, 0.717) is 0 Å². The smallest absolute Gasteiger partial charge is 0.0247 e. The third kappa shape index (κ3) is 11.2. The van der Waals surface area contributed by atoms with Crippen LogP contribution >= 0.6 is 0 Å². The first-order valence-electron chi connectivity index (χ1n) is 14.2. The molecule has 0 amide bonds. The summed E-state index contributed by atoms with van der Waals surface area (Å²) >= 11 is 0. The van der Waals surface area contributed by atoms with Gasteiger partial charge >= 0.3 is 0 Å². The van der Waals surface area contributed by atoms with Crippen molar-refractivity contribution < 1.29 is 0 Å². The molecule has 34 heavy (non-hydrogen) atoms. The third-order valence-corrected chi connectivity index (χ3v) is 7.98. The standard InChI is InChI=1S/C11H14.C8H16.C8H10.C7H14/c1-8-3-4-10-6-9(2)7-11(10)5-8;2*1-7-3-5-8(2)6-4-7;1-6-3-4-7(2)5-6/h3-5,9H,6-7H2,1-2H3;7-8H,3-6H2,1-2H3;3-6H,1-2H3;6-7H,3-5H2,1-2H3. The van der Waals surface area contributed by atoms with Crippen LogP contribution in [0.5, 0.6) is 0 Å². The lowest BCUT2D eigenvalue weighted by Gasteiger charge is -2.22. The van der Waals surface area contributed by atoms with Crippen molar-refractivity contribution in [2.24, 2.45) is 29.6 Å². The normalized spacial score (nSPS) is 27.2. The molecule has 0 N–H and O–H groups in total. The van der Waals surface area contributed by atoms with E-state index in [1.807, 2.05) is 0 Å². The van der Waals surface area contributed by atoms with Crippen molar-refractivity contribution in [2.45, 2.75) is 113 Å². The lowest BCUT2D eigenvalue weighted by Crippen LogP contribution is -2.08. The first-order chi connectivity index (χ1) is 16.1. The highest BCUT2D eigenvalue weighted by Gasteiger charge is 2.17. The lowest BCUT2D eigenvalue weighted by molar-refractivity contribution is 0.308. The Bertz CT molecular complexity index is 767. The van der Waals surface area contributed by atoms with Gasteiger partial charge in [0.15, 0.2) is 0 Å². The molecule has 3 aliphatic rings. The van der Waals surface area contributed by atoms with Gasteiger partial charge in [-0.25, -0.2) is 0 Å². The Labute approximate surface area is 213 Å². The van der Waals surface area contributed by atoms with Crippen molar-refractivity contribution in [3.8, 4) is 0 Å². The number of hydrogen-bond acceptors (Lipinski definition) is 0. The van der Waals surface area contributed by atoms with E-state index in [1.54, 1.807) is 11.1 Å². The minimum absolute atomic E-state index is 0.867. The molecule has 2 aromatic rings. The highest BCUT2D eigenvalue weighted by atomic mass is 14.2. The molecular weight excluding hydrogens is 408 g/mol. The van der Waals surface area contributed by atoms with E-state index in [1.165, 1.54) is 74.5 Å². The zero-order valence-electron chi connectivity index (χ0n) is 23.8. The molecule has 2 fully saturated rings. The SMILES string of the molecule is CC1CCC(C)C1.CC1CCC(C)CC1.Cc1ccc(C)cc1.Cc1ccc2c(c1)CC(C)C2. The van der Waals surface area contributed by atoms with Crippen LogP contribution in [0.2, 0.25) is 0 Å². The Morgan fingerprint density at radius 2 is 0.824 bits per heavy atom. The van der Waals surface area contributed by atoms with Gasteiger partial charge in [0.25, 0.3) is 0 Å². The molecule has 2 saturated carbocycles. The van der Waals surface area contributed by atoms with Crippen molar-refractivity contribution in [3.63, 3.8) is 0 Å². The summed E-state index contributed by atoms with van der Waals surface area (Å²) in [5, 5.41) is 0. The van der Waals surface area contributed by atoms with Gasteiger partial charge in [0, 0.05) is 0 Å². The first kappa shape index (κ1) is 28.7. The van der Waals surface area contributed by atoms with Gasteiger partial charge < -0.3 is 0 Å². The quantitative estimate of drug-likeness (QED) is 0.365.